The van der Waals surface area contributed by atoms with Crippen molar-refractivity contribution in [2.75, 3.05) is 32.1 Å². The third-order valence-electron chi connectivity index (χ3n) is 4.78. The minimum absolute atomic E-state index is 0. The molecule has 0 atom stereocenters. The Morgan fingerprint density at radius 3 is 2.48 bits per heavy atom. The average molecular weight is 426 g/mol. The van der Waals surface area contributed by atoms with Gasteiger partial charge in [-0.3, -0.25) is 9.69 Å². The van der Waals surface area contributed by atoms with Gasteiger partial charge in [-0.15, -0.1) is 12.4 Å². The number of aryl methyl sites for hydroxylation is 1. The molecule has 0 saturated carbocycles. The molecule has 0 aliphatic heterocycles. The van der Waals surface area contributed by atoms with Crippen LogP contribution in [0.3, 0.4) is 0 Å². The highest BCUT2D eigenvalue weighted by atomic mass is 35.5. The highest BCUT2D eigenvalue weighted by Gasteiger charge is 2.21. The second-order valence-electron chi connectivity index (χ2n) is 7.29. The number of nitrogens with zero attached hydrogens (tertiary/aromatic N) is 3. The molecule has 0 N–H and O–H groups in total. The number of amides is 1. The number of anilines is 1. The van der Waals surface area contributed by atoms with Crippen LogP contribution in [0.25, 0.3) is 21.0 Å². The summed E-state index contributed by atoms with van der Waals surface area (Å²) in [5.74, 6) is -0.0108. The SMILES string of the molecule is Cc1ccc2nc(N(CCN(C)C)C(=O)c3ccc4ccccc4c3)sc2c1.Cl. The Morgan fingerprint density at radius 1 is 0.966 bits per heavy atom. The summed E-state index contributed by atoms with van der Waals surface area (Å²) in [5.41, 5.74) is 2.82. The lowest BCUT2D eigenvalue weighted by atomic mass is 10.1. The first-order valence-electron chi connectivity index (χ1n) is 9.34. The molecule has 4 rings (SSSR count). The van der Waals surface area contributed by atoms with E-state index in [0.29, 0.717) is 12.1 Å². The van der Waals surface area contributed by atoms with E-state index in [1.54, 1.807) is 11.3 Å². The number of aromatic nitrogens is 1. The molecule has 0 saturated heterocycles. The van der Waals surface area contributed by atoms with E-state index in [2.05, 4.69) is 30.0 Å². The molecule has 1 aromatic heterocycles. The average Bonchev–Trinajstić information content (AvgIpc) is 3.10. The molecule has 150 valence electrons. The first-order chi connectivity index (χ1) is 13.5. The maximum absolute atomic E-state index is 13.4. The van der Waals surface area contributed by atoms with Crippen molar-refractivity contribution in [1.82, 2.24) is 9.88 Å². The van der Waals surface area contributed by atoms with Crippen LogP contribution >= 0.6 is 23.7 Å². The van der Waals surface area contributed by atoms with Gasteiger partial charge in [0.2, 0.25) is 0 Å². The summed E-state index contributed by atoms with van der Waals surface area (Å²) in [6, 6.07) is 20.2. The molecule has 1 heterocycles. The zero-order chi connectivity index (χ0) is 19.7. The maximum Gasteiger partial charge on any atom is 0.260 e. The summed E-state index contributed by atoms with van der Waals surface area (Å²) in [4.78, 5) is 22.1. The van der Waals surface area contributed by atoms with Crippen molar-refractivity contribution < 1.29 is 4.79 Å². The van der Waals surface area contributed by atoms with Crippen molar-refractivity contribution >= 4 is 55.8 Å². The number of likely N-dealkylation sites (N-methyl/N-ethyl adjacent to an activating group) is 1. The number of fused-ring (bicyclic) bond motifs is 2. The van der Waals surface area contributed by atoms with Crippen LogP contribution in [0, 0.1) is 6.92 Å². The third kappa shape index (κ3) is 4.58. The fourth-order valence-corrected chi connectivity index (χ4v) is 4.29. The monoisotopic (exact) mass is 425 g/mol. The Morgan fingerprint density at radius 2 is 1.72 bits per heavy atom. The van der Waals surface area contributed by atoms with Gasteiger partial charge in [0.05, 0.1) is 10.2 Å². The fourth-order valence-electron chi connectivity index (χ4n) is 3.20. The summed E-state index contributed by atoms with van der Waals surface area (Å²) >= 11 is 1.57. The summed E-state index contributed by atoms with van der Waals surface area (Å²) in [5, 5.41) is 2.95. The quantitative estimate of drug-likeness (QED) is 0.430. The second kappa shape index (κ2) is 8.91. The zero-order valence-electron chi connectivity index (χ0n) is 16.8. The summed E-state index contributed by atoms with van der Waals surface area (Å²) < 4.78 is 1.11. The van der Waals surface area contributed by atoms with Crippen molar-refractivity contribution in [3.8, 4) is 0 Å². The Bertz CT molecular complexity index is 1160. The van der Waals surface area contributed by atoms with Crippen LogP contribution in [-0.4, -0.2) is 43.0 Å². The van der Waals surface area contributed by atoms with Crippen LogP contribution in [0.1, 0.15) is 15.9 Å². The van der Waals surface area contributed by atoms with Crippen LogP contribution in [-0.2, 0) is 0 Å². The zero-order valence-corrected chi connectivity index (χ0v) is 18.4. The van der Waals surface area contributed by atoms with E-state index in [1.807, 2.05) is 61.5 Å². The van der Waals surface area contributed by atoms with Crippen LogP contribution in [0.4, 0.5) is 5.13 Å². The number of halogens is 1. The minimum atomic E-state index is -0.0108. The predicted octanol–water partition coefficient (Wildman–Crippen LogP) is 5.39. The molecule has 0 fully saturated rings. The summed E-state index contributed by atoms with van der Waals surface area (Å²) in [6.45, 7) is 3.44. The van der Waals surface area contributed by atoms with E-state index >= 15 is 0 Å². The van der Waals surface area contributed by atoms with Gasteiger partial charge in [0, 0.05) is 18.7 Å². The summed E-state index contributed by atoms with van der Waals surface area (Å²) in [6.07, 6.45) is 0. The number of carbonyl (C=O) groups excluding carboxylic acids is 1. The molecule has 29 heavy (non-hydrogen) atoms. The predicted molar refractivity (Wildman–Crippen MR) is 126 cm³/mol. The molecule has 3 aromatic carbocycles. The smallest absolute Gasteiger partial charge is 0.260 e. The van der Waals surface area contributed by atoms with E-state index in [1.165, 1.54) is 5.56 Å². The van der Waals surface area contributed by atoms with Gasteiger partial charge in [-0.1, -0.05) is 47.7 Å². The van der Waals surface area contributed by atoms with Gasteiger partial charge in [-0.25, -0.2) is 4.98 Å². The van der Waals surface area contributed by atoms with Crippen LogP contribution in [0.5, 0.6) is 0 Å². The number of hydrogen-bond acceptors (Lipinski definition) is 4. The van der Waals surface area contributed by atoms with E-state index in [4.69, 9.17) is 4.98 Å². The third-order valence-corrected chi connectivity index (χ3v) is 5.82. The Balaban J connectivity index is 0.00000240. The molecule has 0 aliphatic carbocycles. The molecule has 4 nitrogen and oxygen atoms in total. The van der Waals surface area contributed by atoms with Crippen molar-refractivity contribution in [1.29, 1.82) is 0 Å². The molecular weight excluding hydrogens is 402 g/mol. The van der Waals surface area contributed by atoms with Crippen molar-refractivity contribution in [3.05, 3.63) is 71.8 Å². The number of thiazole rings is 1. The van der Waals surface area contributed by atoms with Gasteiger partial charge in [-0.05, 0) is 61.6 Å². The molecule has 4 aromatic rings. The molecular formula is C23H24ClN3OS. The normalized spacial score (nSPS) is 11.0. The topological polar surface area (TPSA) is 36.4 Å². The molecule has 0 spiro atoms. The van der Waals surface area contributed by atoms with Gasteiger partial charge in [0.1, 0.15) is 0 Å². The van der Waals surface area contributed by atoms with Crippen molar-refractivity contribution in [3.63, 3.8) is 0 Å². The number of benzene rings is 3. The molecule has 0 radical (unpaired) electrons. The number of rotatable bonds is 5. The van der Waals surface area contributed by atoms with Crippen LogP contribution < -0.4 is 4.90 Å². The van der Waals surface area contributed by atoms with E-state index in [9.17, 15) is 4.79 Å². The lowest BCUT2D eigenvalue weighted by Gasteiger charge is -2.22. The molecule has 0 bridgehead atoms. The van der Waals surface area contributed by atoms with E-state index in [-0.39, 0.29) is 18.3 Å². The van der Waals surface area contributed by atoms with Crippen LogP contribution in [0.2, 0.25) is 0 Å². The molecule has 1 amide bonds. The van der Waals surface area contributed by atoms with Gasteiger partial charge in [-0.2, -0.15) is 0 Å². The maximum atomic E-state index is 13.4. The van der Waals surface area contributed by atoms with E-state index < -0.39 is 0 Å². The Labute approximate surface area is 181 Å². The van der Waals surface area contributed by atoms with Crippen molar-refractivity contribution in [2.45, 2.75) is 6.92 Å². The lowest BCUT2D eigenvalue weighted by Crippen LogP contribution is -2.36. The Hall–Kier alpha value is -2.47. The number of carbonyl (C=O) groups is 1. The second-order valence-corrected chi connectivity index (χ2v) is 8.30. The fraction of sp³-hybridized carbons (Fsp3) is 0.217. The number of hydrogen-bond donors (Lipinski definition) is 0. The standard InChI is InChI=1S/C23H23N3OS.ClH/c1-16-8-11-20-21(14-16)28-23(24-20)26(13-12-25(2)3)22(27)19-10-9-17-6-4-5-7-18(17)15-19;/h4-11,14-15H,12-13H2,1-3H3;1H. The van der Waals surface area contributed by atoms with Crippen LogP contribution in [0.15, 0.2) is 60.7 Å². The largest absolute Gasteiger partial charge is 0.308 e. The highest BCUT2D eigenvalue weighted by molar-refractivity contribution is 7.22. The summed E-state index contributed by atoms with van der Waals surface area (Å²) in [7, 11) is 4.03. The van der Waals surface area contributed by atoms with Gasteiger partial charge in [0.15, 0.2) is 5.13 Å². The molecule has 0 unspecified atom stereocenters. The van der Waals surface area contributed by atoms with Gasteiger partial charge < -0.3 is 4.90 Å². The molecule has 6 heteroatoms. The first kappa shape index (κ1) is 21.2. The van der Waals surface area contributed by atoms with Gasteiger partial charge >= 0.3 is 0 Å². The molecule has 0 aliphatic rings. The minimum Gasteiger partial charge on any atom is -0.308 e. The van der Waals surface area contributed by atoms with Gasteiger partial charge in [0.25, 0.3) is 5.91 Å². The Kier molecular flexibility index (Phi) is 6.52. The highest BCUT2D eigenvalue weighted by Crippen LogP contribution is 2.30. The first-order valence-corrected chi connectivity index (χ1v) is 10.2. The van der Waals surface area contributed by atoms with Crippen molar-refractivity contribution in [2.24, 2.45) is 0 Å². The van der Waals surface area contributed by atoms with E-state index in [0.717, 1.165) is 32.7 Å². The lowest BCUT2D eigenvalue weighted by molar-refractivity contribution is 0.0985.